The van der Waals surface area contributed by atoms with Crippen LogP contribution >= 0.6 is 0 Å². The first-order chi connectivity index (χ1) is 9.15. The topological polar surface area (TPSA) is 39.7 Å². The zero-order valence-corrected chi connectivity index (χ0v) is 12.6. The first-order valence-electron chi connectivity index (χ1n) is 6.68. The number of benzene rings is 1. The molecule has 1 atom stereocenters. The van der Waals surface area contributed by atoms with Crippen LogP contribution in [0, 0.1) is 0 Å². The highest BCUT2D eigenvalue weighted by atomic mass is 16.5. The Balaban J connectivity index is 2.90. The van der Waals surface area contributed by atoms with Gasteiger partial charge in [-0.3, -0.25) is 0 Å². The van der Waals surface area contributed by atoms with Crippen LogP contribution in [0.4, 0.5) is 0 Å². The molecule has 108 valence electrons. The van der Waals surface area contributed by atoms with Gasteiger partial charge >= 0.3 is 0 Å². The van der Waals surface area contributed by atoms with Crippen LogP contribution in [0.2, 0.25) is 0 Å². The van der Waals surface area contributed by atoms with Gasteiger partial charge in [-0.05, 0) is 13.3 Å². The second-order valence-electron chi connectivity index (χ2n) is 4.58. The van der Waals surface area contributed by atoms with Gasteiger partial charge in [0.15, 0.2) is 0 Å². The van der Waals surface area contributed by atoms with Crippen molar-refractivity contribution >= 4 is 0 Å². The van der Waals surface area contributed by atoms with E-state index in [1.165, 1.54) is 6.42 Å². The summed E-state index contributed by atoms with van der Waals surface area (Å²) in [6, 6.07) is 4.23. The largest absolute Gasteiger partial charge is 0.496 e. The van der Waals surface area contributed by atoms with Gasteiger partial charge in [0.1, 0.15) is 17.2 Å². The quantitative estimate of drug-likeness (QED) is 0.786. The molecule has 0 aliphatic rings. The van der Waals surface area contributed by atoms with E-state index in [4.69, 9.17) is 14.2 Å². The van der Waals surface area contributed by atoms with E-state index in [-0.39, 0.29) is 0 Å². The molecule has 1 rings (SSSR count). The summed E-state index contributed by atoms with van der Waals surface area (Å²) in [6.07, 6.45) is 2.33. The molecular formula is C15H25NO3. The molecule has 0 spiro atoms. The van der Waals surface area contributed by atoms with E-state index in [2.05, 4.69) is 19.2 Å². The Kier molecular flexibility index (Phi) is 6.50. The number of nitrogens with one attached hydrogen (secondary N) is 1. The summed E-state index contributed by atoms with van der Waals surface area (Å²) < 4.78 is 16.1. The van der Waals surface area contributed by atoms with Gasteiger partial charge in [0.05, 0.1) is 26.9 Å². The monoisotopic (exact) mass is 267 g/mol. The molecule has 0 aliphatic heterocycles. The molecule has 4 heteroatoms. The summed E-state index contributed by atoms with van der Waals surface area (Å²) in [7, 11) is 4.95. The summed E-state index contributed by atoms with van der Waals surface area (Å²) >= 11 is 0. The maximum absolute atomic E-state index is 5.42. The Labute approximate surface area is 116 Å². The smallest absolute Gasteiger partial charge is 0.130 e. The SMILES string of the molecule is CCCC(C)NCc1c(OC)cc(OC)cc1OC. The number of methoxy groups -OCH3 is 3. The molecule has 0 radical (unpaired) electrons. The molecular weight excluding hydrogens is 242 g/mol. The van der Waals surface area contributed by atoms with Gasteiger partial charge in [-0.2, -0.15) is 0 Å². The van der Waals surface area contributed by atoms with Crippen LogP contribution < -0.4 is 19.5 Å². The molecule has 19 heavy (non-hydrogen) atoms. The average molecular weight is 267 g/mol. The van der Waals surface area contributed by atoms with Crippen LogP contribution in [-0.2, 0) is 6.54 Å². The molecule has 0 saturated heterocycles. The maximum Gasteiger partial charge on any atom is 0.130 e. The Morgan fingerprint density at radius 1 is 1.05 bits per heavy atom. The molecule has 1 aromatic rings. The van der Waals surface area contributed by atoms with Crippen molar-refractivity contribution in [2.75, 3.05) is 21.3 Å². The highest BCUT2D eigenvalue weighted by Gasteiger charge is 2.13. The fourth-order valence-corrected chi connectivity index (χ4v) is 2.06. The normalized spacial score (nSPS) is 12.1. The van der Waals surface area contributed by atoms with Crippen molar-refractivity contribution in [1.29, 1.82) is 0 Å². The van der Waals surface area contributed by atoms with Crippen molar-refractivity contribution in [3.63, 3.8) is 0 Å². The Hall–Kier alpha value is -1.42. The lowest BCUT2D eigenvalue weighted by molar-refractivity contribution is 0.364. The van der Waals surface area contributed by atoms with Crippen LogP contribution in [0.15, 0.2) is 12.1 Å². The summed E-state index contributed by atoms with van der Waals surface area (Å²) in [6.45, 7) is 5.09. The van der Waals surface area contributed by atoms with Gasteiger partial charge in [-0.15, -0.1) is 0 Å². The minimum atomic E-state index is 0.474. The molecule has 0 fully saturated rings. The first-order valence-corrected chi connectivity index (χ1v) is 6.68. The predicted molar refractivity (Wildman–Crippen MR) is 77.3 cm³/mol. The molecule has 1 unspecified atom stereocenters. The standard InChI is InChI=1S/C15H25NO3/c1-6-7-11(2)16-10-13-14(18-4)8-12(17-3)9-15(13)19-5/h8-9,11,16H,6-7,10H2,1-5H3. The Bertz CT molecular complexity index is 368. The number of ether oxygens (including phenoxy) is 3. The van der Waals surface area contributed by atoms with Gasteiger partial charge in [0.25, 0.3) is 0 Å². The van der Waals surface area contributed by atoms with Crippen LogP contribution in [0.3, 0.4) is 0 Å². The summed E-state index contributed by atoms with van der Waals surface area (Å²) in [5.74, 6) is 2.30. The fourth-order valence-electron chi connectivity index (χ4n) is 2.06. The third-order valence-electron chi connectivity index (χ3n) is 3.17. The number of hydrogen-bond donors (Lipinski definition) is 1. The summed E-state index contributed by atoms with van der Waals surface area (Å²) in [5.41, 5.74) is 1.02. The van der Waals surface area contributed by atoms with E-state index >= 15 is 0 Å². The van der Waals surface area contributed by atoms with Crippen molar-refractivity contribution < 1.29 is 14.2 Å². The molecule has 4 nitrogen and oxygen atoms in total. The zero-order chi connectivity index (χ0) is 14.3. The Morgan fingerprint density at radius 2 is 1.63 bits per heavy atom. The second kappa shape index (κ2) is 7.89. The molecule has 0 saturated carbocycles. The third-order valence-corrected chi connectivity index (χ3v) is 3.17. The lowest BCUT2D eigenvalue weighted by Gasteiger charge is -2.18. The maximum atomic E-state index is 5.42. The van der Waals surface area contributed by atoms with E-state index in [1.54, 1.807) is 21.3 Å². The van der Waals surface area contributed by atoms with Crippen molar-refractivity contribution in [3.05, 3.63) is 17.7 Å². The summed E-state index contributed by atoms with van der Waals surface area (Å²) in [5, 5.41) is 3.49. The van der Waals surface area contributed by atoms with Crippen molar-refractivity contribution in [2.45, 2.75) is 39.3 Å². The van der Waals surface area contributed by atoms with Gasteiger partial charge < -0.3 is 19.5 Å². The highest BCUT2D eigenvalue weighted by molar-refractivity contribution is 5.50. The molecule has 1 N–H and O–H groups in total. The highest BCUT2D eigenvalue weighted by Crippen LogP contribution is 2.33. The van der Waals surface area contributed by atoms with Crippen molar-refractivity contribution in [2.24, 2.45) is 0 Å². The Morgan fingerprint density at radius 3 is 2.05 bits per heavy atom. The van der Waals surface area contributed by atoms with Gasteiger partial charge in [-0.25, -0.2) is 0 Å². The average Bonchev–Trinajstić information content (AvgIpc) is 2.44. The third kappa shape index (κ3) is 4.31. The lowest BCUT2D eigenvalue weighted by atomic mass is 10.1. The van der Waals surface area contributed by atoms with Crippen LogP contribution in [-0.4, -0.2) is 27.4 Å². The van der Waals surface area contributed by atoms with Crippen LogP contribution in [0.1, 0.15) is 32.3 Å². The molecule has 1 aromatic carbocycles. The van der Waals surface area contributed by atoms with E-state index in [0.29, 0.717) is 6.04 Å². The number of hydrogen-bond acceptors (Lipinski definition) is 4. The first kappa shape index (κ1) is 15.6. The molecule has 0 aliphatic carbocycles. The van der Waals surface area contributed by atoms with E-state index in [9.17, 15) is 0 Å². The lowest BCUT2D eigenvalue weighted by Crippen LogP contribution is -2.25. The van der Waals surface area contributed by atoms with Gasteiger partial charge in [0, 0.05) is 24.7 Å². The van der Waals surface area contributed by atoms with Gasteiger partial charge in [-0.1, -0.05) is 13.3 Å². The zero-order valence-electron chi connectivity index (χ0n) is 12.6. The van der Waals surface area contributed by atoms with Crippen molar-refractivity contribution in [1.82, 2.24) is 5.32 Å². The fraction of sp³-hybridized carbons (Fsp3) is 0.600. The van der Waals surface area contributed by atoms with Gasteiger partial charge in [0.2, 0.25) is 0 Å². The molecule has 0 bridgehead atoms. The van der Waals surface area contributed by atoms with Crippen LogP contribution in [0.25, 0.3) is 0 Å². The minimum absolute atomic E-state index is 0.474. The van der Waals surface area contributed by atoms with Crippen LogP contribution in [0.5, 0.6) is 17.2 Å². The van der Waals surface area contributed by atoms with E-state index < -0.39 is 0 Å². The minimum Gasteiger partial charge on any atom is -0.496 e. The molecule has 0 aromatic heterocycles. The predicted octanol–water partition coefficient (Wildman–Crippen LogP) is 2.99. The van der Waals surface area contributed by atoms with E-state index in [1.807, 2.05) is 12.1 Å². The van der Waals surface area contributed by atoms with Crippen molar-refractivity contribution in [3.8, 4) is 17.2 Å². The molecule has 0 heterocycles. The molecule has 0 amide bonds. The number of rotatable bonds is 8. The second-order valence-corrected chi connectivity index (χ2v) is 4.58. The summed E-state index contributed by atoms with van der Waals surface area (Å²) in [4.78, 5) is 0. The van der Waals surface area contributed by atoms with E-state index in [0.717, 1.165) is 35.8 Å².